The topological polar surface area (TPSA) is 26.3 Å². The van der Waals surface area contributed by atoms with E-state index in [4.69, 9.17) is 4.74 Å². The van der Waals surface area contributed by atoms with Crippen molar-refractivity contribution in [3.05, 3.63) is 24.5 Å². The molecular formula is C11H18O2. The molecule has 2 nitrogen and oxygen atoms in total. The summed E-state index contributed by atoms with van der Waals surface area (Å²) in [6, 6.07) is 0. The predicted molar refractivity (Wildman–Crippen MR) is 54.2 cm³/mol. The second kappa shape index (κ2) is 7.59. The molecule has 0 aliphatic heterocycles. The molecule has 0 aromatic carbocycles. The molecule has 0 fully saturated rings. The monoisotopic (exact) mass is 182 g/mol. The van der Waals surface area contributed by atoms with Gasteiger partial charge in [-0.15, -0.1) is 0 Å². The van der Waals surface area contributed by atoms with Gasteiger partial charge < -0.3 is 4.74 Å². The van der Waals surface area contributed by atoms with Crippen LogP contribution in [0.1, 0.15) is 39.5 Å². The molecule has 13 heavy (non-hydrogen) atoms. The van der Waals surface area contributed by atoms with E-state index in [0.717, 1.165) is 18.4 Å². The van der Waals surface area contributed by atoms with E-state index >= 15 is 0 Å². The van der Waals surface area contributed by atoms with Crippen molar-refractivity contribution in [1.82, 2.24) is 0 Å². The lowest BCUT2D eigenvalue weighted by Crippen LogP contribution is -1.92. The van der Waals surface area contributed by atoms with E-state index in [2.05, 4.69) is 13.5 Å². The molecule has 0 saturated heterocycles. The van der Waals surface area contributed by atoms with Crippen molar-refractivity contribution in [2.45, 2.75) is 39.5 Å². The third kappa shape index (κ3) is 7.32. The summed E-state index contributed by atoms with van der Waals surface area (Å²) in [6.45, 7) is 7.21. The van der Waals surface area contributed by atoms with Gasteiger partial charge >= 0.3 is 5.97 Å². The van der Waals surface area contributed by atoms with Gasteiger partial charge in [-0.3, -0.25) is 4.79 Å². The van der Waals surface area contributed by atoms with E-state index < -0.39 is 0 Å². The average molecular weight is 182 g/mol. The fraction of sp³-hybridized carbons (Fsp3) is 0.545. The molecular weight excluding hydrogens is 164 g/mol. The van der Waals surface area contributed by atoms with Gasteiger partial charge in [0.15, 0.2) is 0 Å². The molecule has 0 aromatic rings. The van der Waals surface area contributed by atoms with Gasteiger partial charge in [-0.2, -0.15) is 0 Å². The molecule has 74 valence electrons. The number of carbonyl (C=O) groups excluding carboxylic acids is 1. The van der Waals surface area contributed by atoms with Crippen molar-refractivity contribution >= 4 is 5.97 Å². The summed E-state index contributed by atoms with van der Waals surface area (Å²) in [6.07, 6.45) is 7.67. The maximum Gasteiger partial charge on any atom is 0.307 e. The summed E-state index contributed by atoms with van der Waals surface area (Å²) in [5.41, 5.74) is 0.989. The van der Waals surface area contributed by atoms with Crippen LogP contribution >= 0.6 is 0 Å². The van der Waals surface area contributed by atoms with Gasteiger partial charge in [0.2, 0.25) is 0 Å². The number of hydrogen-bond acceptors (Lipinski definition) is 2. The Hall–Kier alpha value is -1.05. The minimum atomic E-state index is -0.283. The molecule has 0 aromatic heterocycles. The Bertz CT molecular complexity index is 192. The normalized spacial score (nSPS) is 11.1. The quantitative estimate of drug-likeness (QED) is 0.273. The highest BCUT2D eigenvalue weighted by Crippen LogP contribution is 2.09. The molecule has 0 N–H and O–H groups in total. The second-order valence-electron chi connectivity index (χ2n) is 2.96. The van der Waals surface area contributed by atoms with Crippen molar-refractivity contribution < 1.29 is 9.53 Å². The maximum absolute atomic E-state index is 10.5. The summed E-state index contributed by atoms with van der Waals surface area (Å²) in [7, 11) is 0. The lowest BCUT2D eigenvalue weighted by Gasteiger charge is -2.00. The van der Waals surface area contributed by atoms with Gasteiger partial charge in [-0.05, 0) is 18.4 Å². The minimum Gasteiger partial charge on any atom is -0.434 e. The molecule has 0 atom stereocenters. The molecule has 0 aliphatic rings. The highest BCUT2D eigenvalue weighted by Gasteiger charge is 1.94. The Kier molecular flexibility index (Phi) is 6.98. The van der Waals surface area contributed by atoms with Gasteiger partial charge in [0.05, 0.1) is 6.26 Å². The third-order valence-corrected chi connectivity index (χ3v) is 1.71. The van der Waals surface area contributed by atoms with E-state index in [0.29, 0.717) is 0 Å². The number of esters is 1. The molecule has 0 rings (SSSR count). The van der Waals surface area contributed by atoms with Gasteiger partial charge in [0.25, 0.3) is 0 Å². The molecule has 0 heterocycles. The van der Waals surface area contributed by atoms with Crippen LogP contribution in [0, 0.1) is 0 Å². The van der Waals surface area contributed by atoms with Gasteiger partial charge in [0.1, 0.15) is 0 Å². The molecule has 0 aliphatic carbocycles. The van der Waals surface area contributed by atoms with Crippen LogP contribution in [0.2, 0.25) is 0 Å². The summed E-state index contributed by atoms with van der Waals surface area (Å²) in [4.78, 5) is 10.5. The first-order valence-electron chi connectivity index (χ1n) is 4.69. The van der Waals surface area contributed by atoms with Crippen LogP contribution in [-0.2, 0) is 9.53 Å². The van der Waals surface area contributed by atoms with E-state index in [1.807, 2.05) is 0 Å². The number of carbonyl (C=O) groups is 1. The number of hydrogen-bond donors (Lipinski definition) is 0. The highest BCUT2D eigenvalue weighted by molar-refractivity contribution is 5.66. The van der Waals surface area contributed by atoms with Crippen LogP contribution in [0.5, 0.6) is 0 Å². The van der Waals surface area contributed by atoms with E-state index in [1.165, 1.54) is 26.0 Å². The molecule has 0 bridgehead atoms. The van der Waals surface area contributed by atoms with E-state index in [-0.39, 0.29) is 5.97 Å². The molecule has 0 spiro atoms. The summed E-state index contributed by atoms with van der Waals surface area (Å²) < 4.78 is 4.75. The fourth-order valence-corrected chi connectivity index (χ4v) is 0.947. The first kappa shape index (κ1) is 11.9. The Morgan fingerprint density at radius 3 is 2.62 bits per heavy atom. The average Bonchev–Trinajstić information content (AvgIpc) is 2.10. The lowest BCUT2D eigenvalue weighted by atomic mass is 10.1. The number of allylic oxidation sites excluding steroid dienone is 2. The van der Waals surface area contributed by atoms with Gasteiger partial charge in [-0.1, -0.05) is 32.4 Å². The summed E-state index contributed by atoms with van der Waals surface area (Å²) >= 11 is 0. The van der Waals surface area contributed by atoms with Crippen LogP contribution in [0.15, 0.2) is 24.5 Å². The number of rotatable bonds is 6. The number of ether oxygens (including phenoxy) is 1. The first-order valence-corrected chi connectivity index (χ1v) is 4.69. The Labute approximate surface area is 80.3 Å². The zero-order valence-corrected chi connectivity index (χ0v) is 8.51. The van der Waals surface area contributed by atoms with Crippen LogP contribution in [0.25, 0.3) is 0 Å². The van der Waals surface area contributed by atoms with Crippen molar-refractivity contribution in [3.63, 3.8) is 0 Å². The number of unbranched alkanes of at least 4 members (excludes halogenated alkanes) is 2. The van der Waals surface area contributed by atoms with Crippen molar-refractivity contribution in [1.29, 1.82) is 0 Å². The van der Waals surface area contributed by atoms with Crippen LogP contribution in [0.3, 0.4) is 0 Å². The first-order chi connectivity index (χ1) is 6.20. The molecule has 2 heteroatoms. The molecule has 0 saturated carbocycles. The SMILES string of the molecule is C=C/C(=C\OC(C)=O)CCCCC. The zero-order chi connectivity index (χ0) is 10.1. The Morgan fingerprint density at radius 2 is 2.15 bits per heavy atom. The molecule has 0 amide bonds. The Morgan fingerprint density at radius 1 is 1.46 bits per heavy atom. The maximum atomic E-state index is 10.5. The second-order valence-corrected chi connectivity index (χ2v) is 2.96. The highest BCUT2D eigenvalue weighted by atomic mass is 16.5. The van der Waals surface area contributed by atoms with Gasteiger partial charge in [0, 0.05) is 6.92 Å². The van der Waals surface area contributed by atoms with Crippen molar-refractivity contribution in [2.24, 2.45) is 0 Å². The minimum absolute atomic E-state index is 0.283. The van der Waals surface area contributed by atoms with E-state index in [1.54, 1.807) is 6.08 Å². The predicted octanol–water partition coefficient (Wildman–Crippen LogP) is 3.20. The van der Waals surface area contributed by atoms with Gasteiger partial charge in [-0.25, -0.2) is 0 Å². The standard InChI is InChI=1S/C11H18O2/c1-4-6-7-8-11(5-2)9-13-10(3)12/h5,9H,2,4,6-8H2,1,3H3/b11-9+. The third-order valence-electron chi connectivity index (χ3n) is 1.71. The van der Waals surface area contributed by atoms with Crippen molar-refractivity contribution in [3.8, 4) is 0 Å². The summed E-state index contributed by atoms with van der Waals surface area (Å²) in [5, 5.41) is 0. The zero-order valence-electron chi connectivity index (χ0n) is 8.51. The summed E-state index contributed by atoms with van der Waals surface area (Å²) in [5.74, 6) is -0.283. The van der Waals surface area contributed by atoms with Crippen LogP contribution in [-0.4, -0.2) is 5.97 Å². The van der Waals surface area contributed by atoms with E-state index in [9.17, 15) is 4.79 Å². The van der Waals surface area contributed by atoms with Crippen molar-refractivity contribution in [2.75, 3.05) is 0 Å². The Balaban J connectivity index is 3.80. The smallest absolute Gasteiger partial charge is 0.307 e. The van der Waals surface area contributed by atoms with Crippen LogP contribution in [0.4, 0.5) is 0 Å². The van der Waals surface area contributed by atoms with Crippen LogP contribution < -0.4 is 0 Å². The lowest BCUT2D eigenvalue weighted by molar-refractivity contribution is -0.135. The molecule has 0 unspecified atom stereocenters. The molecule has 0 radical (unpaired) electrons. The fourth-order valence-electron chi connectivity index (χ4n) is 0.947. The largest absolute Gasteiger partial charge is 0.434 e.